The molecule has 1 heterocycles. The van der Waals surface area contributed by atoms with E-state index in [1.165, 1.54) is 6.92 Å². The van der Waals surface area contributed by atoms with Crippen LogP contribution in [0.1, 0.15) is 29.3 Å². The topological polar surface area (TPSA) is 49.4 Å². The number of carbonyl (C=O) groups excluding carboxylic acids is 2. The summed E-state index contributed by atoms with van der Waals surface area (Å²) in [6.07, 6.45) is 0.818. The van der Waals surface area contributed by atoms with Crippen LogP contribution in [0.4, 0.5) is 0 Å². The van der Waals surface area contributed by atoms with Gasteiger partial charge in [0.2, 0.25) is 5.91 Å². The van der Waals surface area contributed by atoms with E-state index in [9.17, 15) is 9.59 Å². The van der Waals surface area contributed by atoms with Gasteiger partial charge in [0.15, 0.2) is 0 Å². The van der Waals surface area contributed by atoms with Gasteiger partial charge in [-0.05, 0) is 31.0 Å². The highest BCUT2D eigenvalue weighted by atomic mass is 79.9. The number of hydrogen-bond acceptors (Lipinski definition) is 2. The Hall–Kier alpha value is -1.36. The van der Waals surface area contributed by atoms with Gasteiger partial charge in [-0.2, -0.15) is 0 Å². The first-order valence-corrected chi connectivity index (χ1v) is 7.09. The van der Waals surface area contributed by atoms with E-state index in [4.69, 9.17) is 0 Å². The predicted molar refractivity (Wildman–Crippen MR) is 77.0 cm³/mol. The van der Waals surface area contributed by atoms with E-state index in [1.807, 2.05) is 25.1 Å². The van der Waals surface area contributed by atoms with Crippen LogP contribution in [0, 0.1) is 6.92 Å². The molecule has 1 fully saturated rings. The average molecular weight is 325 g/mol. The quantitative estimate of drug-likeness (QED) is 0.905. The Kier molecular flexibility index (Phi) is 4.24. The van der Waals surface area contributed by atoms with Gasteiger partial charge in [-0.3, -0.25) is 9.59 Å². The number of nitrogens with one attached hydrogen (secondary N) is 1. The molecule has 0 aromatic heterocycles. The van der Waals surface area contributed by atoms with Crippen molar-refractivity contribution in [1.29, 1.82) is 0 Å². The molecular formula is C14H17BrN2O2. The summed E-state index contributed by atoms with van der Waals surface area (Å²) in [7, 11) is 0. The van der Waals surface area contributed by atoms with Crippen molar-refractivity contribution in [3.8, 4) is 0 Å². The van der Waals surface area contributed by atoms with Gasteiger partial charge in [-0.15, -0.1) is 0 Å². The van der Waals surface area contributed by atoms with Crippen molar-refractivity contribution in [3.63, 3.8) is 0 Å². The van der Waals surface area contributed by atoms with E-state index < -0.39 is 0 Å². The minimum atomic E-state index is -0.0436. The van der Waals surface area contributed by atoms with Crippen LogP contribution in [0.15, 0.2) is 22.7 Å². The molecule has 0 spiro atoms. The summed E-state index contributed by atoms with van der Waals surface area (Å²) in [4.78, 5) is 25.3. The molecule has 1 saturated heterocycles. The van der Waals surface area contributed by atoms with Gasteiger partial charge >= 0.3 is 0 Å². The molecule has 1 N–H and O–H groups in total. The van der Waals surface area contributed by atoms with Crippen LogP contribution >= 0.6 is 15.9 Å². The first-order valence-electron chi connectivity index (χ1n) is 6.30. The summed E-state index contributed by atoms with van der Waals surface area (Å²) in [5, 5.41) is 2.86. The summed E-state index contributed by atoms with van der Waals surface area (Å²) >= 11 is 3.39. The maximum Gasteiger partial charge on any atom is 0.254 e. The number of benzene rings is 1. The van der Waals surface area contributed by atoms with Crippen molar-refractivity contribution in [3.05, 3.63) is 33.8 Å². The zero-order valence-corrected chi connectivity index (χ0v) is 12.7. The van der Waals surface area contributed by atoms with Gasteiger partial charge in [-0.25, -0.2) is 0 Å². The lowest BCUT2D eigenvalue weighted by molar-refractivity contribution is -0.119. The third kappa shape index (κ3) is 3.35. The van der Waals surface area contributed by atoms with Gasteiger partial charge in [0, 0.05) is 36.1 Å². The third-order valence-corrected chi connectivity index (χ3v) is 3.81. The molecule has 4 nitrogen and oxygen atoms in total. The smallest absolute Gasteiger partial charge is 0.254 e. The van der Waals surface area contributed by atoms with Crippen molar-refractivity contribution >= 4 is 27.7 Å². The van der Waals surface area contributed by atoms with E-state index in [0.717, 1.165) is 22.0 Å². The Labute approximate surface area is 121 Å². The molecule has 5 heteroatoms. The monoisotopic (exact) mass is 324 g/mol. The van der Waals surface area contributed by atoms with Crippen molar-refractivity contribution in [1.82, 2.24) is 10.2 Å². The largest absolute Gasteiger partial charge is 0.352 e. The Morgan fingerprint density at radius 3 is 2.84 bits per heavy atom. The fourth-order valence-corrected chi connectivity index (χ4v) is 2.71. The summed E-state index contributed by atoms with van der Waals surface area (Å²) < 4.78 is 0.902. The standard InChI is InChI=1S/C14H17BrN2O2/c1-9-3-4-11(15)7-13(9)14(19)17-6-5-12(8-17)16-10(2)18/h3-4,7,12H,5-6,8H2,1-2H3,(H,16,18). The minimum Gasteiger partial charge on any atom is -0.352 e. The fourth-order valence-electron chi connectivity index (χ4n) is 2.34. The van der Waals surface area contributed by atoms with Crippen LogP contribution in [-0.4, -0.2) is 35.8 Å². The SMILES string of the molecule is CC(=O)NC1CCN(C(=O)c2cc(Br)ccc2C)C1. The van der Waals surface area contributed by atoms with E-state index in [0.29, 0.717) is 13.1 Å². The van der Waals surface area contributed by atoms with Crippen LogP contribution in [0.25, 0.3) is 0 Å². The number of carbonyl (C=O) groups is 2. The fraction of sp³-hybridized carbons (Fsp3) is 0.429. The third-order valence-electron chi connectivity index (χ3n) is 3.31. The van der Waals surface area contributed by atoms with Crippen LogP contribution in [0.3, 0.4) is 0 Å². The van der Waals surface area contributed by atoms with Crippen LogP contribution in [0.2, 0.25) is 0 Å². The van der Waals surface area contributed by atoms with Gasteiger partial charge in [0.25, 0.3) is 5.91 Å². The Morgan fingerprint density at radius 1 is 1.42 bits per heavy atom. The summed E-state index contributed by atoms with van der Waals surface area (Å²) in [6.45, 7) is 4.71. The minimum absolute atomic E-state index is 0.0339. The number of amides is 2. The van der Waals surface area contributed by atoms with Crippen molar-refractivity contribution < 1.29 is 9.59 Å². The molecule has 1 unspecified atom stereocenters. The van der Waals surface area contributed by atoms with E-state index in [2.05, 4.69) is 21.2 Å². The Morgan fingerprint density at radius 2 is 2.16 bits per heavy atom. The second-order valence-corrected chi connectivity index (χ2v) is 5.81. The molecule has 1 aliphatic heterocycles. The van der Waals surface area contributed by atoms with Gasteiger partial charge in [0.1, 0.15) is 0 Å². The highest BCUT2D eigenvalue weighted by molar-refractivity contribution is 9.10. The number of halogens is 1. The lowest BCUT2D eigenvalue weighted by Crippen LogP contribution is -2.37. The number of likely N-dealkylation sites (tertiary alicyclic amines) is 1. The van der Waals surface area contributed by atoms with Crippen LogP contribution in [0.5, 0.6) is 0 Å². The van der Waals surface area contributed by atoms with Gasteiger partial charge in [-0.1, -0.05) is 22.0 Å². The number of nitrogens with zero attached hydrogens (tertiary/aromatic N) is 1. The molecule has 1 aromatic carbocycles. The van der Waals surface area contributed by atoms with E-state index >= 15 is 0 Å². The average Bonchev–Trinajstić information content (AvgIpc) is 2.79. The van der Waals surface area contributed by atoms with Gasteiger partial charge in [0.05, 0.1) is 0 Å². The molecule has 2 amide bonds. The number of rotatable bonds is 2. The molecule has 2 rings (SSSR count). The molecule has 0 saturated carbocycles. The van der Waals surface area contributed by atoms with Crippen LogP contribution in [-0.2, 0) is 4.79 Å². The molecule has 1 aromatic rings. The summed E-state index contributed by atoms with van der Waals surface area (Å²) in [5.74, 6) is -0.00964. The summed E-state index contributed by atoms with van der Waals surface area (Å²) in [6, 6.07) is 5.78. The second kappa shape index (κ2) is 5.74. The number of hydrogen-bond donors (Lipinski definition) is 1. The molecule has 102 valence electrons. The molecule has 19 heavy (non-hydrogen) atoms. The summed E-state index contributed by atoms with van der Waals surface area (Å²) in [5.41, 5.74) is 1.69. The Balaban J connectivity index is 2.09. The van der Waals surface area contributed by atoms with Crippen molar-refractivity contribution in [2.45, 2.75) is 26.3 Å². The lowest BCUT2D eigenvalue weighted by Gasteiger charge is -2.18. The molecule has 0 aliphatic carbocycles. The maximum absolute atomic E-state index is 12.4. The maximum atomic E-state index is 12.4. The van der Waals surface area contributed by atoms with E-state index in [-0.39, 0.29) is 17.9 Å². The molecule has 1 aliphatic rings. The van der Waals surface area contributed by atoms with Crippen molar-refractivity contribution in [2.24, 2.45) is 0 Å². The van der Waals surface area contributed by atoms with Crippen molar-refractivity contribution in [2.75, 3.05) is 13.1 Å². The highest BCUT2D eigenvalue weighted by Crippen LogP contribution is 2.20. The van der Waals surface area contributed by atoms with Crippen LogP contribution < -0.4 is 5.32 Å². The number of aryl methyl sites for hydroxylation is 1. The molecule has 1 atom stereocenters. The first kappa shape index (κ1) is 14.1. The predicted octanol–water partition coefficient (Wildman–Crippen LogP) is 2.11. The molecule has 0 radical (unpaired) electrons. The van der Waals surface area contributed by atoms with E-state index in [1.54, 1.807) is 4.90 Å². The highest BCUT2D eigenvalue weighted by Gasteiger charge is 2.28. The zero-order chi connectivity index (χ0) is 14.0. The van der Waals surface area contributed by atoms with Gasteiger partial charge < -0.3 is 10.2 Å². The Bertz CT molecular complexity index is 516. The molecular weight excluding hydrogens is 308 g/mol. The molecule has 0 bridgehead atoms. The first-order chi connectivity index (χ1) is 8.97. The lowest BCUT2D eigenvalue weighted by atomic mass is 10.1. The zero-order valence-electron chi connectivity index (χ0n) is 11.1. The normalized spacial score (nSPS) is 18.5. The second-order valence-electron chi connectivity index (χ2n) is 4.90.